The minimum Gasteiger partial charge on any atom is -0.457 e. The first-order valence-electron chi connectivity index (χ1n) is 9.35. The van der Waals surface area contributed by atoms with Crippen LogP contribution in [0.3, 0.4) is 0 Å². The fraction of sp³-hybridized carbons (Fsp3) is 0.130. The van der Waals surface area contributed by atoms with Gasteiger partial charge in [-0.05, 0) is 42.0 Å². The van der Waals surface area contributed by atoms with E-state index >= 15 is 0 Å². The minimum atomic E-state index is -3.54. The van der Waals surface area contributed by atoms with E-state index in [1.807, 2.05) is 18.2 Å². The molecule has 0 aromatic heterocycles. The number of para-hydroxylation sites is 1. The molecule has 3 aromatic carbocycles. The summed E-state index contributed by atoms with van der Waals surface area (Å²) < 4.78 is 29.7. The van der Waals surface area contributed by atoms with E-state index in [2.05, 4.69) is 5.32 Å². The number of benzene rings is 3. The molecule has 0 bridgehead atoms. The fourth-order valence-corrected chi connectivity index (χ4v) is 3.85. The standard InChI is InChI=1S/C23H21NO5S/c1-2-30(27,28)21-11-7-6-10-20(21)23(26)29-16-17-12-14-18(15-13-17)22(25)24-19-8-4-3-5-9-19/h3-15H,2,16H2,1H3,(H,24,25). The minimum absolute atomic E-state index is 0.0122. The zero-order chi connectivity index (χ0) is 21.6. The van der Waals surface area contributed by atoms with Crippen molar-refractivity contribution in [3.63, 3.8) is 0 Å². The molecule has 0 radical (unpaired) electrons. The van der Waals surface area contributed by atoms with Crippen molar-refractivity contribution in [1.29, 1.82) is 0 Å². The highest BCUT2D eigenvalue weighted by molar-refractivity contribution is 7.91. The number of anilines is 1. The zero-order valence-corrected chi connectivity index (χ0v) is 17.2. The van der Waals surface area contributed by atoms with Crippen LogP contribution in [0.15, 0.2) is 83.8 Å². The Labute approximate surface area is 175 Å². The third-order valence-corrected chi connectivity index (χ3v) is 6.23. The number of hydrogen-bond donors (Lipinski definition) is 1. The Bertz CT molecular complexity index is 1140. The van der Waals surface area contributed by atoms with Crippen molar-refractivity contribution in [2.45, 2.75) is 18.4 Å². The quantitative estimate of drug-likeness (QED) is 0.578. The van der Waals surface area contributed by atoms with Gasteiger partial charge in [-0.3, -0.25) is 4.79 Å². The lowest BCUT2D eigenvalue weighted by Crippen LogP contribution is -2.13. The molecule has 0 saturated heterocycles. The van der Waals surface area contributed by atoms with Gasteiger partial charge in [-0.15, -0.1) is 0 Å². The number of amides is 1. The normalized spacial score (nSPS) is 11.0. The largest absolute Gasteiger partial charge is 0.457 e. The van der Waals surface area contributed by atoms with E-state index in [-0.39, 0.29) is 28.7 Å². The van der Waals surface area contributed by atoms with Gasteiger partial charge in [0.25, 0.3) is 5.91 Å². The van der Waals surface area contributed by atoms with E-state index in [9.17, 15) is 18.0 Å². The smallest absolute Gasteiger partial charge is 0.339 e. The average molecular weight is 423 g/mol. The van der Waals surface area contributed by atoms with Gasteiger partial charge in [0.05, 0.1) is 16.2 Å². The first-order chi connectivity index (χ1) is 14.4. The number of ether oxygens (including phenoxy) is 1. The van der Waals surface area contributed by atoms with Crippen LogP contribution in [0.5, 0.6) is 0 Å². The Morgan fingerprint density at radius 3 is 2.17 bits per heavy atom. The number of sulfone groups is 1. The lowest BCUT2D eigenvalue weighted by Gasteiger charge is -2.10. The highest BCUT2D eigenvalue weighted by Crippen LogP contribution is 2.19. The first kappa shape index (κ1) is 21.3. The lowest BCUT2D eigenvalue weighted by molar-refractivity contribution is 0.0468. The van der Waals surface area contributed by atoms with Gasteiger partial charge >= 0.3 is 5.97 Å². The van der Waals surface area contributed by atoms with Gasteiger partial charge in [0.1, 0.15) is 6.61 Å². The summed E-state index contributed by atoms with van der Waals surface area (Å²) in [5.74, 6) is -1.07. The average Bonchev–Trinajstić information content (AvgIpc) is 2.78. The Morgan fingerprint density at radius 2 is 1.50 bits per heavy atom. The molecule has 0 fully saturated rings. The molecule has 3 rings (SSSR count). The van der Waals surface area contributed by atoms with E-state index in [4.69, 9.17) is 4.74 Å². The van der Waals surface area contributed by atoms with Crippen LogP contribution in [0, 0.1) is 0 Å². The highest BCUT2D eigenvalue weighted by Gasteiger charge is 2.21. The summed E-state index contributed by atoms with van der Waals surface area (Å²) in [7, 11) is -3.54. The van der Waals surface area contributed by atoms with Crippen LogP contribution in [0.25, 0.3) is 0 Å². The van der Waals surface area contributed by atoms with Gasteiger partial charge in [0.2, 0.25) is 0 Å². The van der Waals surface area contributed by atoms with Gasteiger partial charge in [-0.25, -0.2) is 13.2 Å². The second kappa shape index (κ2) is 9.37. The predicted molar refractivity (Wildman–Crippen MR) is 114 cm³/mol. The molecule has 0 spiro atoms. The summed E-state index contributed by atoms with van der Waals surface area (Å²) in [5.41, 5.74) is 1.85. The fourth-order valence-electron chi connectivity index (χ4n) is 2.77. The van der Waals surface area contributed by atoms with Crippen molar-refractivity contribution < 1.29 is 22.7 Å². The molecule has 7 heteroatoms. The van der Waals surface area contributed by atoms with E-state index in [0.29, 0.717) is 16.8 Å². The van der Waals surface area contributed by atoms with Crippen LogP contribution in [0.4, 0.5) is 5.69 Å². The highest BCUT2D eigenvalue weighted by atomic mass is 32.2. The third kappa shape index (κ3) is 5.12. The summed E-state index contributed by atoms with van der Waals surface area (Å²) in [6.07, 6.45) is 0. The van der Waals surface area contributed by atoms with Crippen LogP contribution >= 0.6 is 0 Å². The Morgan fingerprint density at radius 1 is 0.867 bits per heavy atom. The molecule has 1 N–H and O–H groups in total. The van der Waals surface area contributed by atoms with Crippen molar-refractivity contribution in [2.24, 2.45) is 0 Å². The van der Waals surface area contributed by atoms with Crippen molar-refractivity contribution >= 4 is 27.4 Å². The van der Waals surface area contributed by atoms with Crippen molar-refractivity contribution in [1.82, 2.24) is 0 Å². The van der Waals surface area contributed by atoms with Crippen LogP contribution in [-0.2, 0) is 21.2 Å². The second-order valence-electron chi connectivity index (χ2n) is 6.49. The number of carbonyl (C=O) groups is 2. The van der Waals surface area contributed by atoms with Crippen molar-refractivity contribution in [3.8, 4) is 0 Å². The van der Waals surface area contributed by atoms with E-state index in [1.165, 1.54) is 19.1 Å². The molecule has 0 atom stereocenters. The number of rotatable bonds is 7. The van der Waals surface area contributed by atoms with Gasteiger partial charge in [0, 0.05) is 11.3 Å². The van der Waals surface area contributed by atoms with Crippen LogP contribution in [-0.4, -0.2) is 26.0 Å². The molecule has 0 aliphatic carbocycles. The molecule has 0 saturated carbocycles. The molecule has 0 aliphatic rings. The molecule has 1 amide bonds. The van der Waals surface area contributed by atoms with E-state index in [0.717, 1.165) is 0 Å². The van der Waals surface area contributed by atoms with E-state index in [1.54, 1.807) is 48.5 Å². The number of esters is 1. The zero-order valence-electron chi connectivity index (χ0n) is 16.4. The molecule has 6 nitrogen and oxygen atoms in total. The third-order valence-electron chi connectivity index (χ3n) is 4.44. The number of carbonyl (C=O) groups excluding carboxylic acids is 2. The summed E-state index contributed by atoms with van der Waals surface area (Å²) in [4.78, 5) is 24.7. The van der Waals surface area contributed by atoms with Crippen LogP contribution in [0.2, 0.25) is 0 Å². The molecule has 30 heavy (non-hydrogen) atoms. The molecule has 154 valence electrons. The van der Waals surface area contributed by atoms with Crippen molar-refractivity contribution in [2.75, 3.05) is 11.1 Å². The molecule has 0 unspecified atom stereocenters. The van der Waals surface area contributed by atoms with Gasteiger partial charge in [-0.1, -0.05) is 49.4 Å². The van der Waals surface area contributed by atoms with Crippen molar-refractivity contribution in [3.05, 3.63) is 95.6 Å². The second-order valence-corrected chi connectivity index (χ2v) is 8.74. The topological polar surface area (TPSA) is 89.5 Å². The predicted octanol–water partition coefficient (Wildman–Crippen LogP) is 4.09. The Balaban J connectivity index is 1.65. The van der Waals surface area contributed by atoms with E-state index < -0.39 is 15.8 Å². The summed E-state index contributed by atoms with van der Waals surface area (Å²) >= 11 is 0. The maximum Gasteiger partial charge on any atom is 0.339 e. The van der Waals surface area contributed by atoms with Gasteiger partial charge in [0.15, 0.2) is 9.84 Å². The maximum atomic E-state index is 12.4. The van der Waals surface area contributed by atoms with Crippen LogP contribution < -0.4 is 5.32 Å². The maximum absolute atomic E-state index is 12.4. The first-order valence-corrected chi connectivity index (χ1v) is 11.0. The summed E-state index contributed by atoms with van der Waals surface area (Å²) in [6, 6.07) is 21.7. The molecule has 0 heterocycles. The molecule has 3 aromatic rings. The molecular weight excluding hydrogens is 402 g/mol. The monoisotopic (exact) mass is 423 g/mol. The van der Waals surface area contributed by atoms with Gasteiger partial charge < -0.3 is 10.1 Å². The number of nitrogens with one attached hydrogen (secondary N) is 1. The Kier molecular flexibility index (Phi) is 6.64. The number of hydrogen-bond acceptors (Lipinski definition) is 5. The molecular formula is C23H21NO5S. The van der Waals surface area contributed by atoms with Crippen LogP contribution in [0.1, 0.15) is 33.2 Å². The molecule has 0 aliphatic heterocycles. The van der Waals surface area contributed by atoms with Gasteiger partial charge in [-0.2, -0.15) is 0 Å². The summed E-state index contributed by atoms with van der Waals surface area (Å²) in [6.45, 7) is 1.48. The summed E-state index contributed by atoms with van der Waals surface area (Å²) in [5, 5.41) is 2.79. The lowest BCUT2D eigenvalue weighted by atomic mass is 10.1. The Hall–Kier alpha value is -3.45. The SMILES string of the molecule is CCS(=O)(=O)c1ccccc1C(=O)OCc1ccc(C(=O)Nc2ccccc2)cc1.